The largest absolute Gasteiger partial charge is 0.496 e. The number of ether oxygens (including phenoxy) is 1. The molecule has 5 nitrogen and oxygen atoms in total. The summed E-state index contributed by atoms with van der Waals surface area (Å²) in [7, 11) is 1.46. The van der Waals surface area contributed by atoms with Crippen LogP contribution in [-0.2, 0) is 4.79 Å². The molecule has 5 heteroatoms. The maximum atomic E-state index is 11.6. The second kappa shape index (κ2) is 3.69. The van der Waals surface area contributed by atoms with E-state index < -0.39 is 5.97 Å². The Morgan fingerprint density at radius 1 is 1.50 bits per heavy atom. The number of nitrogens with one attached hydrogen (secondary N) is 1. The predicted molar refractivity (Wildman–Crippen MR) is 56.1 cm³/mol. The van der Waals surface area contributed by atoms with Gasteiger partial charge in [-0.05, 0) is 6.07 Å². The van der Waals surface area contributed by atoms with Gasteiger partial charge < -0.3 is 15.2 Å². The summed E-state index contributed by atoms with van der Waals surface area (Å²) in [4.78, 5) is 22.2. The standard InChI is InChI=1S/C11H9NO4/c1-16-8-4-2-3-6-7(5-9(13)14)12-11(15)10(6)8/h2-5H,1H3,(H,12,15)(H,13,14). The molecule has 0 atom stereocenters. The number of fused-ring (bicyclic) bond motifs is 1. The van der Waals surface area contributed by atoms with Gasteiger partial charge in [-0.15, -0.1) is 0 Å². The van der Waals surface area contributed by atoms with Gasteiger partial charge in [-0.2, -0.15) is 0 Å². The first kappa shape index (κ1) is 10.2. The molecule has 1 aromatic carbocycles. The van der Waals surface area contributed by atoms with Gasteiger partial charge in [0.15, 0.2) is 0 Å². The van der Waals surface area contributed by atoms with Crippen molar-refractivity contribution in [3.05, 3.63) is 35.4 Å². The van der Waals surface area contributed by atoms with Gasteiger partial charge in [-0.3, -0.25) is 4.79 Å². The van der Waals surface area contributed by atoms with Crippen LogP contribution in [0.1, 0.15) is 15.9 Å². The number of rotatable bonds is 2. The highest BCUT2D eigenvalue weighted by molar-refractivity contribution is 6.13. The third kappa shape index (κ3) is 1.52. The SMILES string of the molecule is COc1cccc2c1C(=O)NC2=CC(=O)O. The molecule has 0 fully saturated rings. The molecule has 2 rings (SSSR count). The normalized spacial score (nSPS) is 15.8. The smallest absolute Gasteiger partial charge is 0.330 e. The molecular formula is C11H9NO4. The van der Waals surface area contributed by atoms with E-state index in [0.717, 1.165) is 6.08 Å². The van der Waals surface area contributed by atoms with Gasteiger partial charge in [-0.1, -0.05) is 12.1 Å². The highest BCUT2D eigenvalue weighted by atomic mass is 16.5. The van der Waals surface area contributed by atoms with Crippen LogP contribution in [0.3, 0.4) is 0 Å². The van der Waals surface area contributed by atoms with Crippen molar-refractivity contribution in [3.8, 4) is 5.75 Å². The average Bonchev–Trinajstić information content (AvgIpc) is 2.55. The molecule has 0 aliphatic carbocycles. The number of aliphatic carboxylic acids is 1. The zero-order valence-electron chi connectivity index (χ0n) is 8.48. The zero-order chi connectivity index (χ0) is 11.7. The maximum absolute atomic E-state index is 11.6. The summed E-state index contributed by atoms with van der Waals surface area (Å²) in [5, 5.41) is 11.1. The number of carboxylic acids is 1. The first-order valence-electron chi connectivity index (χ1n) is 4.57. The maximum Gasteiger partial charge on any atom is 0.330 e. The molecule has 1 aliphatic heterocycles. The van der Waals surface area contributed by atoms with Crippen LogP contribution in [0.2, 0.25) is 0 Å². The quantitative estimate of drug-likeness (QED) is 0.723. The fraction of sp³-hybridized carbons (Fsp3) is 0.0909. The van der Waals surface area contributed by atoms with Crippen molar-refractivity contribution in [1.29, 1.82) is 0 Å². The highest BCUT2D eigenvalue weighted by Crippen LogP contribution is 2.31. The number of hydrogen-bond acceptors (Lipinski definition) is 3. The Kier molecular flexibility index (Phi) is 2.36. The Morgan fingerprint density at radius 2 is 2.25 bits per heavy atom. The second-order valence-electron chi connectivity index (χ2n) is 3.23. The third-order valence-electron chi connectivity index (χ3n) is 2.28. The van der Waals surface area contributed by atoms with Crippen molar-refractivity contribution in [2.24, 2.45) is 0 Å². The molecule has 0 saturated carbocycles. The number of amides is 1. The molecule has 82 valence electrons. The van der Waals surface area contributed by atoms with Gasteiger partial charge in [0.25, 0.3) is 5.91 Å². The van der Waals surface area contributed by atoms with Crippen molar-refractivity contribution in [3.63, 3.8) is 0 Å². The summed E-state index contributed by atoms with van der Waals surface area (Å²) < 4.78 is 5.05. The van der Waals surface area contributed by atoms with Crippen LogP contribution in [-0.4, -0.2) is 24.1 Å². The number of methoxy groups -OCH3 is 1. The molecule has 0 spiro atoms. The topological polar surface area (TPSA) is 75.6 Å². The van der Waals surface area contributed by atoms with Crippen molar-refractivity contribution in [2.45, 2.75) is 0 Å². The van der Waals surface area contributed by atoms with Crippen LogP contribution in [0.5, 0.6) is 5.75 Å². The molecule has 1 amide bonds. The lowest BCUT2D eigenvalue weighted by Gasteiger charge is -2.03. The summed E-state index contributed by atoms with van der Waals surface area (Å²) in [5.74, 6) is -1.02. The number of carbonyl (C=O) groups is 2. The van der Waals surface area contributed by atoms with E-state index in [1.165, 1.54) is 7.11 Å². The third-order valence-corrected chi connectivity index (χ3v) is 2.28. The molecule has 0 bridgehead atoms. The second-order valence-corrected chi connectivity index (χ2v) is 3.23. The van der Waals surface area contributed by atoms with Gasteiger partial charge in [0.2, 0.25) is 0 Å². The minimum atomic E-state index is -1.11. The van der Waals surface area contributed by atoms with Crippen molar-refractivity contribution >= 4 is 17.6 Å². The summed E-state index contributed by atoms with van der Waals surface area (Å²) in [6.07, 6.45) is 0.961. The van der Waals surface area contributed by atoms with E-state index >= 15 is 0 Å². The summed E-state index contributed by atoms with van der Waals surface area (Å²) in [6.45, 7) is 0. The molecule has 1 heterocycles. The molecule has 1 aliphatic rings. The van der Waals surface area contributed by atoms with Crippen molar-refractivity contribution in [2.75, 3.05) is 7.11 Å². The van der Waals surface area contributed by atoms with Crippen molar-refractivity contribution < 1.29 is 19.4 Å². The summed E-state index contributed by atoms with van der Waals surface area (Å²) >= 11 is 0. The lowest BCUT2D eigenvalue weighted by Crippen LogP contribution is -2.13. The van der Waals surface area contributed by atoms with Crippen LogP contribution < -0.4 is 10.1 Å². The molecule has 0 radical (unpaired) electrons. The van der Waals surface area contributed by atoms with Gasteiger partial charge in [0, 0.05) is 11.6 Å². The Labute approximate surface area is 91.3 Å². The van der Waals surface area contributed by atoms with Gasteiger partial charge in [-0.25, -0.2) is 4.79 Å². The molecule has 1 aromatic rings. The van der Waals surface area contributed by atoms with E-state index in [1.807, 2.05) is 0 Å². The number of hydrogen-bond donors (Lipinski definition) is 2. The van der Waals surface area contributed by atoms with Crippen LogP contribution in [0.25, 0.3) is 5.70 Å². The van der Waals surface area contributed by atoms with Gasteiger partial charge in [0.05, 0.1) is 18.4 Å². The van der Waals surface area contributed by atoms with Crippen molar-refractivity contribution in [1.82, 2.24) is 5.32 Å². The van der Waals surface area contributed by atoms with E-state index in [9.17, 15) is 9.59 Å². The molecule has 2 N–H and O–H groups in total. The minimum Gasteiger partial charge on any atom is -0.496 e. The van der Waals surface area contributed by atoms with Gasteiger partial charge in [0.1, 0.15) is 5.75 Å². The van der Waals surface area contributed by atoms with E-state index in [2.05, 4.69) is 5.32 Å². The molecule has 0 aromatic heterocycles. The fourth-order valence-electron chi connectivity index (χ4n) is 1.65. The lowest BCUT2D eigenvalue weighted by molar-refractivity contribution is -0.131. The van der Waals surface area contributed by atoms with Crippen LogP contribution in [0.15, 0.2) is 24.3 Å². The summed E-state index contributed by atoms with van der Waals surface area (Å²) in [6, 6.07) is 5.03. The van der Waals surface area contributed by atoms with E-state index in [-0.39, 0.29) is 11.6 Å². The molecular weight excluding hydrogens is 210 g/mol. The Morgan fingerprint density at radius 3 is 2.88 bits per heavy atom. The Bertz CT molecular complexity index is 505. The lowest BCUT2D eigenvalue weighted by atomic mass is 10.1. The fourth-order valence-corrected chi connectivity index (χ4v) is 1.65. The Balaban J connectivity index is 2.60. The van der Waals surface area contributed by atoms with Gasteiger partial charge >= 0.3 is 5.97 Å². The van der Waals surface area contributed by atoms with Crippen LogP contribution >= 0.6 is 0 Å². The van der Waals surface area contributed by atoms with E-state index in [0.29, 0.717) is 16.9 Å². The van der Waals surface area contributed by atoms with E-state index in [4.69, 9.17) is 9.84 Å². The summed E-state index contributed by atoms with van der Waals surface area (Å²) in [5.41, 5.74) is 1.20. The Hall–Kier alpha value is -2.30. The van der Waals surface area contributed by atoms with E-state index in [1.54, 1.807) is 18.2 Å². The molecule has 0 unspecified atom stereocenters. The van der Waals surface area contributed by atoms with Crippen LogP contribution in [0.4, 0.5) is 0 Å². The highest BCUT2D eigenvalue weighted by Gasteiger charge is 2.27. The number of carboxylic acid groups (broad SMARTS) is 1. The number of carbonyl (C=O) groups excluding carboxylic acids is 1. The zero-order valence-corrected chi connectivity index (χ0v) is 8.48. The first-order valence-corrected chi connectivity index (χ1v) is 4.57. The monoisotopic (exact) mass is 219 g/mol. The number of benzene rings is 1. The minimum absolute atomic E-state index is 0.284. The van der Waals surface area contributed by atoms with Crippen LogP contribution in [0, 0.1) is 0 Å². The molecule has 0 saturated heterocycles. The molecule has 16 heavy (non-hydrogen) atoms. The average molecular weight is 219 g/mol. The first-order chi connectivity index (χ1) is 7.63. The predicted octanol–water partition coefficient (Wildman–Crippen LogP) is 0.864.